The van der Waals surface area contributed by atoms with E-state index < -0.39 is 0 Å². The second-order valence-corrected chi connectivity index (χ2v) is 8.79. The van der Waals surface area contributed by atoms with Gasteiger partial charge in [0, 0.05) is 43.5 Å². The van der Waals surface area contributed by atoms with E-state index >= 15 is 0 Å². The highest BCUT2D eigenvalue weighted by Crippen LogP contribution is 2.50. The Balaban J connectivity index is 1.57. The summed E-state index contributed by atoms with van der Waals surface area (Å²) < 4.78 is 5.66. The number of anilines is 1. The van der Waals surface area contributed by atoms with E-state index in [1.807, 2.05) is 14.1 Å². The van der Waals surface area contributed by atoms with Gasteiger partial charge in [-0.25, -0.2) is 15.0 Å². The van der Waals surface area contributed by atoms with E-state index in [0.29, 0.717) is 23.7 Å². The van der Waals surface area contributed by atoms with Crippen molar-refractivity contribution in [1.82, 2.24) is 19.9 Å². The van der Waals surface area contributed by atoms with Gasteiger partial charge < -0.3 is 9.64 Å². The van der Waals surface area contributed by atoms with Crippen LogP contribution in [0, 0.1) is 12.8 Å². The Morgan fingerprint density at radius 3 is 2.50 bits per heavy atom. The van der Waals surface area contributed by atoms with Crippen LogP contribution in [-0.4, -0.2) is 41.1 Å². The highest BCUT2D eigenvalue weighted by Gasteiger charge is 2.42. The molecule has 0 saturated heterocycles. The SMILES string of the molecule is COc1nc(CC2CC2c2ncnc(N(C)C)c2C)nc(C2CC2)c1C(C)C. The average molecular weight is 382 g/mol. The number of hydrogen-bond donors (Lipinski definition) is 0. The quantitative estimate of drug-likeness (QED) is 0.722. The van der Waals surface area contributed by atoms with Crippen LogP contribution in [-0.2, 0) is 6.42 Å². The first-order valence-corrected chi connectivity index (χ1v) is 10.3. The van der Waals surface area contributed by atoms with E-state index in [-0.39, 0.29) is 0 Å². The van der Waals surface area contributed by atoms with E-state index in [1.165, 1.54) is 35.4 Å². The van der Waals surface area contributed by atoms with Crippen LogP contribution in [0.25, 0.3) is 0 Å². The maximum Gasteiger partial charge on any atom is 0.220 e. The van der Waals surface area contributed by atoms with Gasteiger partial charge in [0.15, 0.2) is 0 Å². The monoisotopic (exact) mass is 381 g/mol. The Morgan fingerprint density at radius 2 is 1.89 bits per heavy atom. The zero-order valence-corrected chi connectivity index (χ0v) is 17.9. The van der Waals surface area contributed by atoms with Crippen molar-refractivity contribution in [1.29, 1.82) is 0 Å². The van der Waals surface area contributed by atoms with E-state index in [2.05, 4.69) is 35.6 Å². The molecule has 2 saturated carbocycles. The lowest BCUT2D eigenvalue weighted by atomic mass is 9.99. The van der Waals surface area contributed by atoms with Gasteiger partial charge in [-0.05, 0) is 38.0 Å². The third-order valence-electron chi connectivity index (χ3n) is 5.96. The minimum absolute atomic E-state index is 0.376. The first-order valence-electron chi connectivity index (χ1n) is 10.3. The van der Waals surface area contributed by atoms with Gasteiger partial charge in [-0.1, -0.05) is 13.8 Å². The standard InChI is InChI=1S/C22H31N5O/c1-12(2)18-20(14-7-8-14)25-17(26-22(18)28-6)10-15-9-16(15)19-13(3)21(27(4)5)24-11-23-19/h11-12,14-16H,7-10H2,1-6H3. The summed E-state index contributed by atoms with van der Waals surface area (Å²) in [6, 6.07) is 0. The molecule has 0 spiro atoms. The normalized spacial score (nSPS) is 21.1. The summed E-state index contributed by atoms with van der Waals surface area (Å²) in [5, 5.41) is 0. The van der Waals surface area contributed by atoms with E-state index in [9.17, 15) is 0 Å². The Hall–Kier alpha value is -2.24. The molecule has 2 aliphatic rings. The lowest BCUT2D eigenvalue weighted by Gasteiger charge is -2.17. The molecule has 0 amide bonds. The van der Waals surface area contributed by atoms with E-state index in [4.69, 9.17) is 14.7 Å². The molecule has 2 atom stereocenters. The molecule has 150 valence electrons. The maximum absolute atomic E-state index is 5.66. The van der Waals surface area contributed by atoms with Crippen LogP contribution in [0.1, 0.15) is 79.2 Å². The average Bonchev–Trinajstić information content (AvgIpc) is 3.56. The van der Waals surface area contributed by atoms with Crippen LogP contribution in [0.3, 0.4) is 0 Å². The van der Waals surface area contributed by atoms with Gasteiger partial charge in [-0.2, -0.15) is 4.98 Å². The van der Waals surface area contributed by atoms with Crippen LogP contribution >= 0.6 is 0 Å². The Kier molecular flexibility index (Phi) is 4.98. The number of aromatic nitrogens is 4. The molecule has 4 rings (SSSR count). The third-order valence-corrected chi connectivity index (χ3v) is 5.96. The predicted octanol–water partition coefficient (Wildman–Crippen LogP) is 4.00. The number of rotatable bonds is 7. The highest BCUT2D eigenvalue weighted by atomic mass is 16.5. The lowest BCUT2D eigenvalue weighted by Crippen LogP contribution is -2.14. The fraction of sp³-hybridized carbons (Fsp3) is 0.636. The largest absolute Gasteiger partial charge is 0.481 e. The number of ether oxygens (including phenoxy) is 1. The Labute approximate surface area is 167 Å². The summed E-state index contributed by atoms with van der Waals surface area (Å²) in [5.74, 6) is 4.69. The summed E-state index contributed by atoms with van der Waals surface area (Å²) in [6.45, 7) is 6.52. The van der Waals surface area contributed by atoms with Crippen LogP contribution in [0.4, 0.5) is 5.82 Å². The molecular formula is C22H31N5O. The smallest absolute Gasteiger partial charge is 0.220 e. The van der Waals surface area contributed by atoms with Crippen molar-refractivity contribution in [2.45, 2.75) is 64.2 Å². The van der Waals surface area contributed by atoms with Gasteiger partial charge in [0.25, 0.3) is 0 Å². The van der Waals surface area contributed by atoms with Gasteiger partial charge in [-0.3, -0.25) is 0 Å². The molecular weight excluding hydrogens is 350 g/mol. The van der Waals surface area contributed by atoms with Crippen molar-refractivity contribution in [3.8, 4) is 5.88 Å². The van der Waals surface area contributed by atoms with Gasteiger partial charge in [0.05, 0.1) is 18.5 Å². The van der Waals surface area contributed by atoms with Crippen molar-refractivity contribution in [3.05, 3.63) is 34.7 Å². The Bertz CT molecular complexity index is 875. The molecule has 0 bridgehead atoms. The fourth-order valence-corrected chi connectivity index (χ4v) is 4.29. The Morgan fingerprint density at radius 1 is 1.14 bits per heavy atom. The minimum atomic E-state index is 0.376. The van der Waals surface area contributed by atoms with Crippen molar-refractivity contribution in [3.63, 3.8) is 0 Å². The molecule has 28 heavy (non-hydrogen) atoms. The molecule has 2 aromatic heterocycles. The molecule has 2 aromatic rings. The molecule has 0 N–H and O–H groups in total. The third kappa shape index (κ3) is 3.56. The van der Waals surface area contributed by atoms with Crippen molar-refractivity contribution >= 4 is 5.82 Å². The maximum atomic E-state index is 5.66. The summed E-state index contributed by atoms with van der Waals surface area (Å²) in [5.41, 5.74) is 4.79. The van der Waals surface area contributed by atoms with Gasteiger partial charge in [-0.15, -0.1) is 0 Å². The molecule has 0 radical (unpaired) electrons. The topological polar surface area (TPSA) is 64.0 Å². The summed E-state index contributed by atoms with van der Waals surface area (Å²) in [4.78, 5) is 20.9. The van der Waals surface area contributed by atoms with Crippen LogP contribution < -0.4 is 9.64 Å². The first-order chi connectivity index (χ1) is 13.4. The lowest BCUT2D eigenvalue weighted by molar-refractivity contribution is 0.384. The second-order valence-electron chi connectivity index (χ2n) is 8.79. The van der Waals surface area contributed by atoms with Gasteiger partial charge in [0.1, 0.15) is 18.0 Å². The predicted molar refractivity (Wildman–Crippen MR) is 110 cm³/mol. The van der Waals surface area contributed by atoms with Crippen molar-refractivity contribution in [2.24, 2.45) is 5.92 Å². The minimum Gasteiger partial charge on any atom is -0.481 e. The van der Waals surface area contributed by atoms with Crippen LogP contribution in [0.5, 0.6) is 5.88 Å². The number of hydrogen-bond acceptors (Lipinski definition) is 6. The van der Waals surface area contributed by atoms with E-state index in [1.54, 1.807) is 13.4 Å². The fourth-order valence-electron chi connectivity index (χ4n) is 4.29. The molecule has 0 aliphatic heterocycles. The van der Waals surface area contributed by atoms with Gasteiger partial charge in [0.2, 0.25) is 5.88 Å². The van der Waals surface area contributed by atoms with Crippen LogP contribution in [0.2, 0.25) is 0 Å². The van der Waals surface area contributed by atoms with Crippen molar-refractivity contribution in [2.75, 3.05) is 26.1 Å². The summed E-state index contributed by atoms with van der Waals surface area (Å²) in [6.07, 6.45) is 6.19. The molecule has 6 nitrogen and oxygen atoms in total. The highest BCUT2D eigenvalue weighted by molar-refractivity contribution is 5.48. The number of nitrogens with zero attached hydrogens (tertiary/aromatic N) is 5. The molecule has 2 fully saturated rings. The first kappa shape index (κ1) is 19.1. The van der Waals surface area contributed by atoms with E-state index in [0.717, 1.165) is 30.4 Å². The summed E-state index contributed by atoms with van der Waals surface area (Å²) >= 11 is 0. The molecule has 0 aromatic carbocycles. The van der Waals surface area contributed by atoms with Gasteiger partial charge >= 0.3 is 0 Å². The van der Waals surface area contributed by atoms with Crippen LogP contribution in [0.15, 0.2) is 6.33 Å². The number of methoxy groups -OCH3 is 1. The second kappa shape index (κ2) is 7.30. The molecule has 2 aliphatic carbocycles. The zero-order chi connectivity index (χ0) is 20.0. The molecule has 2 unspecified atom stereocenters. The van der Waals surface area contributed by atoms with Crippen molar-refractivity contribution < 1.29 is 4.74 Å². The molecule has 2 heterocycles. The zero-order valence-electron chi connectivity index (χ0n) is 17.9. The summed E-state index contributed by atoms with van der Waals surface area (Å²) in [7, 11) is 5.78. The molecule has 6 heteroatoms.